The van der Waals surface area contributed by atoms with Crippen LogP contribution >= 0.6 is 27.5 Å². The molecule has 1 aromatic carbocycles. The van der Waals surface area contributed by atoms with Crippen molar-refractivity contribution in [1.29, 1.82) is 0 Å². The lowest BCUT2D eigenvalue weighted by molar-refractivity contribution is 0.0656. The number of benzene rings is 1. The molecule has 0 spiro atoms. The first kappa shape index (κ1) is 12.9. The van der Waals surface area contributed by atoms with Crippen LogP contribution < -0.4 is 5.32 Å². The molecular formula is C12H14BrClN2O. The Bertz CT molecular complexity index is 439. The molecule has 2 rings (SSSR count). The SMILES string of the molecule is C[C@H]1CNCCN1C(=O)c1ccc(Br)c(Cl)c1. The molecule has 3 nitrogen and oxygen atoms in total. The standard InChI is InChI=1S/C12H14BrClN2O/c1-8-7-15-4-5-16(8)12(17)9-2-3-10(13)11(14)6-9/h2-3,6,8,15H,4-5,7H2,1H3/t8-/m0/s1. The molecule has 1 aromatic rings. The van der Waals surface area contributed by atoms with E-state index in [1.54, 1.807) is 12.1 Å². The number of rotatable bonds is 1. The second-order valence-electron chi connectivity index (χ2n) is 4.18. The first-order valence-corrected chi connectivity index (χ1v) is 6.73. The molecule has 5 heteroatoms. The van der Waals surface area contributed by atoms with E-state index in [1.165, 1.54) is 0 Å². The maximum absolute atomic E-state index is 12.3. The number of carbonyl (C=O) groups is 1. The Morgan fingerprint density at radius 2 is 2.35 bits per heavy atom. The summed E-state index contributed by atoms with van der Waals surface area (Å²) in [4.78, 5) is 14.2. The van der Waals surface area contributed by atoms with Crippen LogP contribution in [-0.2, 0) is 0 Å². The summed E-state index contributed by atoms with van der Waals surface area (Å²) in [6, 6.07) is 5.54. The first-order chi connectivity index (χ1) is 8.09. The minimum Gasteiger partial charge on any atom is -0.333 e. The van der Waals surface area contributed by atoms with Crippen LogP contribution in [0.4, 0.5) is 0 Å². The predicted molar refractivity (Wildman–Crippen MR) is 72.5 cm³/mol. The summed E-state index contributed by atoms with van der Waals surface area (Å²) in [5.74, 6) is 0.0494. The molecule has 0 saturated carbocycles. The van der Waals surface area contributed by atoms with Crippen molar-refractivity contribution in [1.82, 2.24) is 10.2 Å². The van der Waals surface area contributed by atoms with Crippen LogP contribution in [0.2, 0.25) is 5.02 Å². The molecule has 0 unspecified atom stereocenters. The van der Waals surface area contributed by atoms with Gasteiger partial charge in [-0.05, 0) is 41.1 Å². The quantitative estimate of drug-likeness (QED) is 0.863. The molecule has 1 saturated heterocycles. The van der Waals surface area contributed by atoms with Gasteiger partial charge < -0.3 is 10.2 Å². The van der Waals surface area contributed by atoms with E-state index in [0.29, 0.717) is 10.6 Å². The van der Waals surface area contributed by atoms with Crippen LogP contribution in [0.15, 0.2) is 22.7 Å². The van der Waals surface area contributed by atoms with Gasteiger partial charge in [-0.25, -0.2) is 0 Å². The van der Waals surface area contributed by atoms with Gasteiger partial charge in [0, 0.05) is 35.7 Å². The highest BCUT2D eigenvalue weighted by Gasteiger charge is 2.24. The lowest BCUT2D eigenvalue weighted by Crippen LogP contribution is -2.52. The third kappa shape index (κ3) is 2.81. The Morgan fingerprint density at radius 1 is 1.59 bits per heavy atom. The summed E-state index contributed by atoms with van der Waals surface area (Å²) in [5.41, 5.74) is 0.645. The molecule has 1 aliphatic heterocycles. The van der Waals surface area contributed by atoms with Gasteiger partial charge >= 0.3 is 0 Å². The molecule has 1 amide bonds. The third-order valence-electron chi connectivity index (χ3n) is 2.93. The van der Waals surface area contributed by atoms with Crippen molar-refractivity contribution in [3.63, 3.8) is 0 Å². The fraction of sp³-hybridized carbons (Fsp3) is 0.417. The third-order valence-corrected chi connectivity index (χ3v) is 4.16. The first-order valence-electron chi connectivity index (χ1n) is 5.56. The molecule has 0 aromatic heterocycles. The Labute approximate surface area is 114 Å². The Balaban J connectivity index is 2.21. The molecule has 92 valence electrons. The van der Waals surface area contributed by atoms with Crippen molar-refractivity contribution >= 4 is 33.4 Å². The van der Waals surface area contributed by atoms with E-state index in [1.807, 2.05) is 17.9 Å². The smallest absolute Gasteiger partial charge is 0.254 e. The number of piperazine rings is 1. The van der Waals surface area contributed by atoms with Gasteiger partial charge in [0.25, 0.3) is 5.91 Å². The van der Waals surface area contributed by atoms with Gasteiger partial charge in [-0.2, -0.15) is 0 Å². The van der Waals surface area contributed by atoms with Crippen molar-refractivity contribution in [2.24, 2.45) is 0 Å². The second kappa shape index (κ2) is 5.38. The number of halogens is 2. The number of nitrogens with zero attached hydrogens (tertiary/aromatic N) is 1. The fourth-order valence-electron chi connectivity index (χ4n) is 1.94. The van der Waals surface area contributed by atoms with Gasteiger partial charge in [-0.15, -0.1) is 0 Å². The Hall–Kier alpha value is -0.580. The second-order valence-corrected chi connectivity index (χ2v) is 5.44. The average molecular weight is 318 g/mol. The van der Waals surface area contributed by atoms with Crippen LogP contribution in [-0.4, -0.2) is 36.5 Å². The number of carbonyl (C=O) groups excluding carboxylic acids is 1. The van der Waals surface area contributed by atoms with Crippen LogP contribution in [0.25, 0.3) is 0 Å². The summed E-state index contributed by atoms with van der Waals surface area (Å²) in [6.07, 6.45) is 0. The average Bonchev–Trinajstić information content (AvgIpc) is 2.32. The molecule has 0 radical (unpaired) electrons. The minimum atomic E-state index is 0.0494. The maximum atomic E-state index is 12.3. The van der Waals surface area contributed by atoms with E-state index in [-0.39, 0.29) is 11.9 Å². The Kier molecular flexibility index (Phi) is 4.07. The predicted octanol–water partition coefficient (Wildman–Crippen LogP) is 2.54. The minimum absolute atomic E-state index is 0.0494. The molecule has 1 aliphatic rings. The van der Waals surface area contributed by atoms with Crippen LogP contribution in [0.3, 0.4) is 0 Å². The van der Waals surface area contributed by atoms with Crippen molar-refractivity contribution in [2.75, 3.05) is 19.6 Å². The molecule has 0 bridgehead atoms. The summed E-state index contributed by atoms with van der Waals surface area (Å²) in [6.45, 7) is 4.48. The molecular weight excluding hydrogens is 304 g/mol. The fourth-order valence-corrected chi connectivity index (χ4v) is 2.36. The molecule has 1 fully saturated rings. The summed E-state index contributed by atoms with van der Waals surface area (Å²) in [5, 5.41) is 3.83. The number of nitrogens with one attached hydrogen (secondary N) is 1. The van der Waals surface area contributed by atoms with E-state index < -0.39 is 0 Å². The van der Waals surface area contributed by atoms with E-state index >= 15 is 0 Å². The highest BCUT2D eigenvalue weighted by Crippen LogP contribution is 2.24. The largest absolute Gasteiger partial charge is 0.333 e. The van der Waals surface area contributed by atoms with Crippen LogP contribution in [0.5, 0.6) is 0 Å². The zero-order chi connectivity index (χ0) is 12.4. The molecule has 1 heterocycles. The van der Waals surface area contributed by atoms with Gasteiger partial charge in [0.05, 0.1) is 5.02 Å². The van der Waals surface area contributed by atoms with E-state index in [9.17, 15) is 4.79 Å². The lowest BCUT2D eigenvalue weighted by atomic mass is 10.1. The molecule has 0 aliphatic carbocycles. The molecule has 1 atom stereocenters. The lowest BCUT2D eigenvalue weighted by Gasteiger charge is -2.34. The van der Waals surface area contributed by atoms with Crippen molar-refractivity contribution in [3.8, 4) is 0 Å². The topological polar surface area (TPSA) is 32.3 Å². The zero-order valence-electron chi connectivity index (χ0n) is 9.54. The highest BCUT2D eigenvalue weighted by molar-refractivity contribution is 9.10. The summed E-state index contributed by atoms with van der Waals surface area (Å²) in [7, 11) is 0. The van der Waals surface area contributed by atoms with Gasteiger partial charge in [0.2, 0.25) is 0 Å². The van der Waals surface area contributed by atoms with Crippen LogP contribution in [0.1, 0.15) is 17.3 Å². The van der Waals surface area contributed by atoms with Gasteiger partial charge in [-0.3, -0.25) is 4.79 Å². The van der Waals surface area contributed by atoms with E-state index in [4.69, 9.17) is 11.6 Å². The monoisotopic (exact) mass is 316 g/mol. The van der Waals surface area contributed by atoms with E-state index in [2.05, 4.69) is 21.2 Å². The van der Waals surface area contributed by atoms with Crippen LogP contribution in [0, 0.1) is 0 Å². The Morgan fingerprint density at radius 3 is 3.00 bits per heavy atom. The molecule has 1 N–H and O–H groups in total. The van der Waals surface area contributed by atoms with E-state index in [0.717, 1.165) is 24.1 Å². The maximum Gasteiger partial charge on any atom is 0.254 e. The number of hydrogen-bond donors (Lipinski definition) is 1. The van der Waals surface area contributed by atoms with Gasteiger partial charge in [0.15, 0.2) is 0 Å². The highest BCUT2D eigenvalue weighted by atomic mass is 79.9. The molecule has 17 heavy (non-hydrogen) atoms. The summed E-state index contributed by atoms with van der Waals surface area (Å²) >= 11 is 9.32. The van der Waals surface area contributed by atoms with Crippen molar-refractivity contribution in [3.05, 3.63) is 33.3 Å². The van der Waals surface area contributed by atoms with Gasteiger partial charge in [0.1, 0.15) is 0 Å². The van der Waals surface area contributed by atoms with Crippen molar-refractivity contribution in [2.45, 2.75) is 13.0 Å². The number of amides is 1. The zero-order valence-corrected chi connectivity index (χ0v) is 11.9. The van der Waals surface area contributed by atoms with Crippen molar-refractivity contribution < 1.29 is 4.79 Å². The van der Waals surface area contributed by atoms with Gasteiger partial charge in [-0.1, -0.05) is 11.6 Å². The number of hydrogen-bond acceptors (Lipinski definition) is 2. The normalized spacial score (nSPS) is 20.4. The summed E-state index contributed by atoms with van der Waals surface area (Å²) < 4.78 is 0.809.